The van der Waals surface area contributed by atoms with E-state index in [1.807, 2.05) is 0 Å². The summed E-state index contributed by atoms with van der Waals surface area (Å²) in [5.41, 5.74) is 0. The first-order valence-corrected chi connectivity index (χ1v) is 31.7. The first-order valence-electron chi connectivity index (χ1n) is 31.7. The van der Waals surface area contributed by atoms with Gasteiger partial charge in [0.15, 0.2) is 6.10 Å². The van der Waals surface area contributed by atoms with E-state index in [1.54, 1.807) is 0 Å². The molecule has 0 aliphatic heterocycles. The minimum atomic E-state index is -0.780. The van der Waals surface area contributed by atoms with E-state index in [0.717, 1.165) is 122 Å². The zero-order valence-electron chi connectivity index (χ0n) is 49.3. The Morgan fingerprint density at radius 3 is 0.813 bits per heavy atom. The van der Waals surface area contributed by atoms with E-state index >= 15 is 0 Å². The molecule has 6 nitrogen and oxygen atoms in total. The highest BCUT2D eigenvalue weighted by molar-refractivity contribution is 5.71. The summed E-state index contributed by atoms with van der Waals surface area (Å²) in [4.78, 5) is 38.2. The Hall–Kier alpha value is -3.67. The number of esters is 3. The fraction of sp³-hybridized carbons (Fsp3) is 0.725. The molecule has 0 heterocycles. The standard InChI is InChI=1S/C69H118O6/c1-4-7-10-13-16-19-22-24-26-27-28-29-30-31-32-33-34-35-36-37-38-39-40-41-43-44-47-50-53-56-59-62-68(71)74-65-66(64-73-67(70)61-58-55-52-49-46-21-18-15-12-9-6-3)75-69(72)63-60-57-54-51-48-45-42-25-23-20-17-14-11-8-5-2/h7,10,16,19,24,26,28-29,31-32,34-35,37-38,40-41,66H,4-6,8-9,11-15,17-18,20-23,25,27,30,33,36,39,42-65H2,1-3H3/b10-7-,19-16-,26-24-,29-28-,32-31-,35-34-,38-37-,41-40-. The van der Waals surface area contributed by atoms with Crippen LogP contribution in [0.4, 0.5) is 0 Å². The van der Waals surface area contributed by atoms with Gasteiger partial charge in [-0.3, -0.25) is 14.4 Å². The number of hydrogen-bond donors (Lipinski definition) is 0. The molecule has 0 aliphatic rings. The van der Waals surface area contributed by atoms with E-state index < -0.39 is 6.10 Å². The Morgan fingerprint density at radius 2 is 0.520 bits per heavy atom. The fourth-order valence-corrected chi connectivity index (χ4v) is 8.87. The molecule has 0 saturated heterocycles. The molecule has 0 aromatic rings. The SMILES string of the molecule is CC/C=C\C/C=C\C/C=C\C/C=C\C/C=C\C/C=C\C/C=C\C/C=C\CCCCCCCCC(=O)OCC(COC(=O)CCCCCCCCCCCCC)OC(=O)CCCCCCCCCCCCCCCCC. The summed E-state index contributed by atoms with van der Waals surface area (Å²) in [6.07, 6.45) is 84.1. The lowest BCUT2D eigenvalue weighted by molar-refractivity contribution is -0.167. The minimum Gasteiger partial charge on any atom is -0.462 e. The molecule has 430 valence electrons. The molecule has 0 N–H and O–H groups in total. The van der Waals surface area contributed by atoms with Gasteiger partial charge in [-0.15, -0.1) is 0 Å². The van der Waals surface area contributed by atoms with Crippen molar-refractivity contribution in [2.45, 2.75) is 309 Å². The first-order chi connectivity index (χ1) is 37.0. The highest BCUT2D eigenvalue weighted by atomic mass is 16.6. The summed E-state index contributed by atoms with van der Waals surface area (Å²) in [5.74, 6) is -0.883. The number of rotatable bonds is 57. The zero-order valence-corrected chi connectivity index (χ0v) is 49.3. The van der Waals surface area contributed by atoms with Crippen molar-refractivity contribution < 1.29 is 28.6 Å². The van der Waals surface area contributed by atoms with Gasteiger partial charge in [-0.2, -0.15) is 0 Å². The van der Waals surface area contributed by atoms with E-state index in [0.29, 0.717) is 19.3 Å². The first kappa shape index (κ1) is 71.3. The van der Waals surface area contributed by atoms with Gasteiger partial charge in [0.05, 0.1) is 0 Å². The Labute approximate surface area is 464 Å². The monoisotopic (exact) mass is 1040 g/mol. The van der Waals surface area contributed by atoms with Crippen LogP contribution in [0.5, 0.6) is 0 Å². The van der Waals surface area contributed by atoms with Crippen LogP contribution in [0.3, 0.4) is 0 Å². The highest BCUT2D eigenvalue weighted by Crippen LogP contribution is 2.16. The molecule has 0 radical (unpaired) electrons. The van der Waals surface area contributed by atoms with Crippen LogP contribution in [-0.4, -0.2) is 37.2 Å². The molecule has 0 aromatic carbocycles. The lowest BCUT2D eigenvalue weighted by Gasteiger charge is -2.18. The maximum atomic E-state index is 12.9. The second kappa shape index (κ2) is 62.9. The third-order valence-corrected chi connectivity index (χ3v) is 13.6. The molecule has 0 saturated carbocycles. The molecule has 6 heteroatoms. The molecule has 0 aliphatic carbocycles. The van der Waals surface area contributed by atoms with Crippen LogP contribution in [0.2, 0.25) is 0 Å². The number of hydrogen-bond acceptors (Lipinski definition) is 6. The zero-order chi connectivity index (χ0) is 54.3. The van der Waals surface area contributed by atoms with Gasteiger partial charge in [-0.05, 0) is 83.5 Å². The van der Waals surface area contributed by atoms with Crippen molar-refractivity contribution >= 4 is 17.9 Å². The Morgan fingerprint density at radius 1 is 0.280 bits per heavy atom. The number of carbonyl (C=O) groups is 3. The van der Waals surface area contributed by atoms with Gasteiger partial charge in [0, 0.05) is 19.3 Å². The van der Waals surface area contributed by atoms with Gasteiger partial charge in [-0.1, -0.05) is 298 Å². The summed E-state index contributed by atoms with van der Waals surface area (Å²) in [7, 11) is 0. The number of ether oxygens (including phenoxy) is 3. The Bertz CT molecular complexity index is 1480. The van der Waals surface area contributed by atoms with Crippen molar-refractivity contribution in [1.29, 1.82) is 0 Å². The fourth-order valence-electron chi connectivity index (χ4n) is 8.87. The van der Waals surface area contributed by atoms with Gasteiger partial charge < -0.3 is 14.2 Å². The van der Waals surface area contributed by atoms with E-state index in [1.165, 1.54) is 141 Å². The summed E-state index contributed by atoms with van der Waals surface area (Å²) < 4.78 is 16.9. The number of allylic oxidation sites excluding steroid dienone is 16. The van der Waals surface area contributed by atoms with Crippen molar-refractivity contribution in [1.82, 2.24) is 0 Å². The molecule has 0 fully saturated rings. The highest BCUT2D eigenvalue weighted by Gasteiger charge is 2.19. The summed E-state index contributed by atoms with van der Waals surface area (Å²) in [5, 5.41) is 0. The van der Waals surface area contributed by atoms with Crippen molar-refractivity contribution in [3.05, 3.63) is 97.2 Å². The van der Waals surface area contributed by atoms with Crippen molar-refractivity contribution in [3.63, 3.8) is 0 Å². The predicted octanol–water partition coefficient (Wildman–Crippen LogP) is 21.7. The second-order valence-electron chi connectivity index (χ2n) is 21.0. The third kappa shape index (κ3) is 61.1. The molecular weight excluding hydrogens is 925 g/mol. The van der Waals surface area contributed by atoms with Gasteiger partial charge in [-0.25, -0.2) is 0 Å². The lowest BCUT2D eigenvalue weighted by atomic mass is 10.0. The molecule has 0 rings (SSSR count). The van der Waals surface area contributed by atoms with Crippen molar-refractivity contribution in [2.24, 2.45) is 0 Å². The number of unbranched alkanes of at least 4 members (excludes halogenated alkanes) is 30. The van der Waals surface area contributed by atoms with Gasteiger partial charge in [0.25, 0.3) is 0 Å². The van der Waals surface area contributed by atoms with Crippen LogP contribution in [0.25, 0.3) is 0 Å². The molecule has 0 aromatic heterocycles. The molecular formula is C69H118O6. The average molecular weight is 1040 g/mol. The van der Waals surface area contributed by atoms with E-state index in [2.05, 4.69) is 118 Å². The molecule has 1 unspecified atom stereocenters. The quantitative estimate of drug-likeness (QED) is 0.0261. The smallest absolute Gasteiger partial charge is 0.306 e. The minimum absolute atomic E-state index is 0.0777. The predicted molar refractivity (Wildman–Crippen MR) is 325 cm³/mol. The van der Waals surface area contributed by atoms with Crippen LogP contribution in [0, 0.1) is 0 Å². The molecule has 0 bridgehead atoms. The second-order valence-corrected chi connectivity index (χ2v) is 21.0. The normalized spacial score (nSPS) is 12.7. The van der Waals surface area contributed by atoms with Gasteiger partial charge in [0.2, 0.25) is 0 Å². The van der Waals surface area contributed by atoms with Crippen molar-refractivity contribution in [3.8, 4) is 0 Å². The molecule has 0 spiro atoms. The van der Waals surface area contributed by atoms with Gasteiger partial charge in [0.1, 0.15) is 13.2 Å². The lowest BCUT2D eigenvalue weighted by Crippen LogP contribution is -2.30. The van der Waals surface area contributed by atoms with Gasteiger partial charge >= 0.3 is 17.9 Å². The van der Waals surface area contributed by atoms with Crippen LogP contribution in [-0.2, 0) is 28.6 Å². The van der Waals surface area contributed by atoms with Crippen LogP contribution in [0.15, 0.2) is 97.2 Å². The van der Waals surface area contributed by atoms with E-state index in [-0.39, 0.29) is 31.1 Å². The van der Waals surface area contributed by atoms with E-state index in [4.69, 9.17) is 14.2 Å². The maximum absolute atomic E-state index is 12.9. The topological polar surface area (TPSA) is 78.9 Å². The summed E-state index contributed by atoms with van der Waals surface area (Å²) >= 11 is 0. The Balaban J connectivity index is 4.26. The maximum Gasteiger partial charge on any atom is 0.306 e. The number of carbonyl (C=O) groups excluding carboxylic acids is 3. The largest absolute Gasteiger partial charge is 0.462 e. The van der Waals surface area contributed by atoms with E-state index in [9.17, 15) is 14.4 Å². The van der Waals surface area contributed by atoms with Crippen LogP contribution < -0.4 is 0 Å². The molecule has 0 amide bonds. The molecule has 1 atom stereocenters. The van der Waals surface area contributed by atoms with Crippen LogP contribution in [0.1, 0.15) is 303 Å². The van der Waals surface area contributed by atoms with Crippen LogP contribution >= 0.6 is 0 Å². The average Bonchev–Trinajstić information content (AvgIpc) is 3.41. The summed E-state index contributed by atoms with van der Waals surface area (Å²) in [6.45, 7) is 6.53. The summed E-state index contributed by atoms with van der Waals surface area (Å²) in [6, 6.07) is 0. The molecule has 75 heavy (non-hydrogen) atoms. The Kier molecular flexibility index (Phi) is 59.8. The van der Waals surface area contributed by atoms with Crippen molar-refractivity contribution in [2.75, 3.05) is 13.2 Å². The third-order valence-electron chi connectivity index (χ3n) is 13.6.